The lowest BCUT2D eigenvalue weighted by Crippen LogP contribution is -2.36. The second kappa shape index (κ2) is 3.30. The van der Waals surface area contributed by atoms with Crippen LogP contribution in [0.15, 0.2) is 18.2 Å². The maximum absolute atomic E-state index is 13.2. The van der Waals surface area contributed by atoms with E-state index in [4.69, 9.17) is 0 Å². The van der Waals surface area contributed by atoms with E-state index in [0.29, 0.717) is 6.07 Å². The average Bonchev–Trinajstić information content (AvgIpc) is 2.45. The molecule has 4 nitrogen and oxygen atoms in total. The van der Waals surface area contributed by atoms with Crippen LogP contribution in [0, 0.1) is 11.6 Å². The topological polar surface area (TPSA) is 49.4 Å². The molecule has 6 heteroatoms. The summed E-state index contributed by atoms with van der Waals surface area (Å²) in [5.41, 5.74) is 2.00. The largest absolute Gasteiger partial charge is 0.273 e. The Bertz CT molecular complexity index is 448. The van der Waals surface area contributed by atoms with Gasteiger partial charge in [-0.2, -0.15) is 0 Å². The van der Waals surface area contributed by atoms with Crippen molar-refractivity contribution in [2.45, 2.75) is 6.42 Å². The van der Waals surface area contributed by atoms with Crippen molar-refractivity contribution >= 4 is 17.5 Å². The highest BCUT2D eigenvalue weighted by Gasteiger charge is 2.29. The van der Waals surface area contributed by atoms with E-state index in [2.05, 4.69) is 5.43 Å². The molecule has 1 aliphatic rings. The molecule has 1 heterocycles. The van der Waals surface area contributed by atoms with Gasteiger partial charge in [0.05, 0.1) is 0 Å². The molecule has 0 radical (unpaired) electrons. The average molecular weight is 212 g/mol. The molecule has 1 saturated heterocycles. The van der Waals surface area contributed by atoms with Gasteiger partial charge in [0.25, 0.3) is 5.91 Å². The molecule has 0 aliphatic carbocycles. The van der Waals surface area contributed by atoms with E-state index in [0.717, 1.165) is 17.1 Å². The van der Waals surface area contributed by atoms with Crippen LogP contribution in [0.5, 0.6) is 0 Å². The summed E-state index contributed by atoms with van der Waals surface area (Å²) in [6.07, 6.45) is -0.323. The number of rotatable bonds is 1. The summed E-state index contributed by atoms with van der Waals surface area (Å²) in [6, 6.07) is 2.75. The van der Waals surface area contributed by atoms with Gasteiger partial charge in [0.2, 0.25) is 5.91 Å². The van der Waals surface area contributed by atoms with E-state index in [1.54, 1.807) is 0 Å². The van der Waals surface area contributed by atoms with Gasteiger partial charge >= 0.3 is 0 Å². The van der Waals surface area contributed by atoms with E-state index in [9.17, 15) is 18.4 Å². The molecule has 0 bridgehead atoms. The summed E-state index contributed by atoms with van der Waals surface area (Å²) < 4.78 is 25.8. The van der Waals surface area contributed by atoms with Crippen molar-refractivity contribution in [3.8, 4) is 0 Å². The Morgan fingerprint density at radius 1 is 1.27 bits per heavy atom. The summed E-state index contributed by atoms with van der Waals surface area (Å²) in [5, 5.41) is 0.775. The van der Waals surface area contributed by atoms with Gasteiger partial charge in [-0.05, 0) is 12.1 Å². The predicted octanol–water partition coefficient (Wildman–Crippen LogP) is 0.733. The van der Waals surface area contributed by atoms with Crippen molar-refractivity contribution in [1.82, 2.24) is 5.43 Å². The van der Waals surface area contributed by atoms with Gasteiger partial charge in [-0.3, -0.25) is 15.0 Å². The highest BCUT2D eigenvalue weighted by Crippen LogP contribution is 2.21. The third-order valence-corrected chi connectivity index (χ3v) is 1.95. The van der Waals surface area contributed by atoms with Crippen LogP contribution in [0.2, 0.25) is 0 Å². The number of carbonyl (C=O) groups excluding carboxylic acids is 2. The molecule has 1 aliphatic heterocycles. The number of hydrogen-bond acceptors (Lipinski definition) is 2. The molecule has 0 saturated carbocycles. The predicted molar refractivity (Wildman–Crippen MR) is 46.6 cm³/mol. The van der Waals surface area contributed by atoms with E-state index >= 15 is 0 Å². The molecule has 15 heavy (non-hydrogen) atoms. The maximum atomic E-state index is 13.2. The first-order valence-electron chi connectivity index (χ1n) is 4.15. The fourth-order valence-electron chi connectivity index (χ4n) is 1.30. The Morgan fingerprint density at radius 3 is 2.53 bits per heavy atom. The third-order valence-electron chi connectivity index (χ3n) is 1.95. The molecule has 2 rings (SSSR count). The number of anilines is 1. The summed E-state index contributed by atoms with van der Waals surface area (Å²) in [6.45, 7) is 0. The standard InChI is InChI=1S/C9H6F2N2O2/c10-5-1-2-7(6(11)3-5)13-9(15)4-8(14)12-13/h1-3H,4H2,(H,12,14). The number of amides is 2. The van der Waals surface area contributed by atoms with Crippen molar-refractivity contribution in [1.29, 1.82) is 0 Å². The van der Waals surface area contributed by atoms with Gasteiger partial charge in [-0.15, -0.1) is 0 Å². The normalized spacial score (nSPS) is 15.7. The molecular formula is C9H6F2N2O2. The minimum Gasteiger partial charge on any atom is -0.273 e. The van der Waals surface area contributed by atoms with Crippen molar-refractivity contribution in [2.24, 2.45) is 0 Å². The minimum atomic E-state index is -0.898. The van der Waals surface area contributed by atoms with E-state index in [-0.39, 0.29) is 12.1 Å². The lowest BCUT2D eigenvalue weighted by Gasteiger charge is -2.15. The van der Waals surface area contributed by atoms with Crippen molar-refractivity contribution < 1.29 is 18.4 Å². The SMILES string of the molecule is O=C1CC(=O)N(c2ccc(F)cc2F)N1. The van der Waals surface area contributed by atoms with Crippen LogP contribution >= 0.6 is 0 Å². The molecule has 1 fully saturated rings. The first-order chi connectivity index (χ1) is 7.08. The van der Waals surface area contributed by atoms with Crippen LogP contribution in [0.1, 0.15) is 6.42 Å². The van der Waals surface area contributed by atoms with Crippen LogP contribution in [-0.2, 0) is 9.59 Å². The zero-order valence-electron chi connectivity index (χ0n) is 7.46. The molecule has 0 aromatic heterocycles. The van der Waals surface area contributed by atoms with Crippen molar-refractivity contribution in [2.75, 3.05) is 5.01 Å². The fourth-order valence-corrected chi connectivity index (χ4v) is 1.30. The third kappa shape index (κ3) is 1.65. The van der Waals surface area contributed by atoms with Crippen molar-refractivity contribution in [3.05, 3.63) is 29.8 Å². The highest BCUT2D eigenvalue weighted by atomic mass is 19.1. The first kappa shape index (κ1) is 9.57. The molecule has 0 unspecified atom stereocenters. The summed E-state index contributed by atoms with van der Waals surface area (Å²) >= 11 is 0. The first-order valence-corrected chi connectivity index (χ1v) is 4.15. The number of benzene rings is 1. The summed E-state index contributed by atoms with van der Waals surface area (Å²) in [4.78, 5) is 22.0. The Hall–Kier alpha value is -1.98. The number of carbonyl (C=O) groups is 2. The lowest BCUT2D eigenvalue weighted by atomic mass is 10.3. The second-order valence-corrected chi connectivity index (χ2v) is 3.04. The molecule has 1 N–H and O–H groups in total. The zero-order chi connectivity index (χ0) is 11.0. The van der Waals surface area contributed by atoms with Crippen LogP contribution < -0.4 is 10.4 Å². The number of hydrogen-bond donors (Lipinski definition) is 1. The van der Waals surface area contributed by atoms with Gasteiger partial charge in [0, 0.05) is 6.07 Å². The molecule has 1 aromatic rings. The molecule has 78 valence electrons. The Morgan fingerprint density at radius 2 is 2.00 bits per heavy atom. The lowest BCUT2D eigenvalue weighted by molar-refractivity contribution is -0.122. The van der Waals surface area contributed by atoms with Gasteiger partial charge in [0.1, 0.15) is 17.9 Å². The number of nitrogens with zero attached hydrogens (tertiary/aromatic N) is 1. The number of halogens is 2. The Kier molecular flexibility index (Phi) is 2.11. The van der Waals surface area contributed by atoms with Crippen LogP contribution in [0.3, 0.4) is 0 Å². The minimum absolute atomic E-state index is 0.160. The van der Waals surface area contributed by atoms with Gasteiger partial charge < -0.3 is 0 Å². The van der Waals surface area contributed by atoms with Crippen LogP contribution in [-0.4, -0.2) is 11.8 Å². The molecule has 1 aromatic carbocycles. The quantitative estimate of drug-likeness (QED) is 0.698. The zero-order valence-corrected chi connectivity index (χ0v) is 7.46. The highest BCUT2D eigenvalue weighted by molar-refractivity contribution is 6.11. The van der Waals surface area contributed by atoms with E-state index in [1.807, 2.05) is 0 Å². The molecular weight excluding hydrogens is 206 g/mol. The number of hydrazine groups is 1. The monoisotopic (exact) mass is 212 g/mol. The van der Waals surface area contributed by atoms with Gasteiger partial charge in [-0.25, -0.2) is 13.8 Å². The number of nitrogens with one attached hydrogen (secondary N) is 1. The fraction of sp³-hybridized carbons (Fsp3) is 0.111. The van der Waals surface area contributed by atoms with Crippen molar-refractivity contribution in [3.63, 3.8) is 0 Å². The molecule has 0 atom stereocenters. The molecule has 0 spiro atoms. The van der Waals surface area contributed by atoms with Gasteiger partial charge in [0.15, 0.2) is 5.82 Å². The smallest absolute Gasteiger partial charge is 0.255 e. The van der Waals surface area contributed by atoms with Crippen LogP contribution in [0.25, 0.3) is 0 Å². The Labute approximate surface area is 83.5 Å². The molecule has 2 amide bonds. The van der Waals surface area contributed by atoms with Crippen LogP contribution in [0.4, 0.5) is 14.5 Å². The van der Waals surface area contributed by atoms with Gasteiger partial charge in [-0.1, -0.05) is 0 Å². The van der Waals surface area contributed by atoms with E-state index < -0.39 is 23.4 Å². The summed E-state index contributed by atoms with van der Waals surface area (Å²) in [5.74, 6) is -2.71. The second-order valence-electron chi connectivity index (χ2n) is 3.04. The maximum Gasteiger partial charge on any atom is 0.255 e. The van der Waals surface area contributed by atoms with E-state index in [1.165, 1.54) is 0 Å². The Balaban J connectivity index is 2.38. The summed E-state index contributed by atoms with van der Waals surface area (Å²) in [7, 11) is 0.